The van der Waals surface area contributed by atoms with Crippen LogP contribution in [0, 0.1) is 0 Å². The van der Waals surface area contributed by atoms with Crippen molar-refractivity contribution in [2.75, 3.05) is 0 Å². The number of fused-ring (bicyclic) bond motifs is 3. The van der Waals surface area contributed by atoms with Crippen LogP contribution < -0.4 is 0 Å². The summed E-state index contributed by atoms with van der Waals surface area (Å²) in [5.41, 5.74) is 12.4. The van der Waals surface area contributed by atoms with E-state index in [1.807, 2.05) is 18.2 Å². The fraction of sp³-hybridized carbons (Fsp3) is 0. The zero-order valence-corrected chi connectivity index (χ0v) is 30.4. The first-order chi connectivity index (χ1) is 27.2. The SMILES string of the molecule is c1ccc(-c2cccc(-c3nc(-c4cccc(-c5ccccc5)c4)nc(-c4cccc(-c5ncnc6c5sc5c(-c7ccccc7)cccc56)c4)n3)c2)cc1. The van der Waals surface area contributed by atoms with E-state index in [2.05, 4.69) is 164 Å². The Balaban J connectivity index is 1.12. The molecule has 10 aromatic rings. The van der Waals surface area contributed by atoms with Gasteiger partial charge in [-0.25, -0.2) is 24.9 Å². The van der Waals surface area contributed by atoms with Crippen molar-refractivity contribution < 1.29 is 0 Å². The van der Waals surface area contributed by atoms with E-state index < -0.39 is 0 Å². The van der Waals surface area contributed by atoms with Gasteiger partial charge in [-0.15, -0.1) is 11.3 Å². The van der Waals surface area contributed by atoms with Gasteiger partial charge < -0.3 is 0 Å². The van der Waals surface area contributed by atoms with Gasteiger partial charge in [0.1, 0.15) is 6.33 Å². The summed E-state index contributed by atoms with van der Waals surface area (Å²) in [6.07, 6.45) is 1.67. The summed E-state index contributed by atoms with van der Waals surface area (Å²) in [6, 6.07) is 62.9. The smallest absolute Gasteiger partial charge is 0.164 e. The predicted octanol–water partition coefficient (Wildman–Crippen LogP) is 12.7. The number of hydrogen-bond donors (Lipinski definition) is 0. The highest BCUT2D eigenvalue weighted by Gasteiger charge is 2.18. The number of hydrogen-bond acceptors (Lipinski definition) is 6. The third-order valence-electron chi connectivity index (χ3n) is 9.85. The number of rotatable bonds is 7. The minimum absolute atomic E-state index is 0.588. The lowest BCUT2D eigenvalue weighted by molar-refractivity contribution is 1.07. The molecule has 0 aliphatic carbocycles. The van der Waals surface area contributed by atoms with Crippen molar-refractivity contribution in [3.8, 4) is 78.8 Å². The molecular weight excluding hydrogens is 691 g/mol. The van der Waals surface area contributed by atoms with E-state index in [0.717, 1.165) is 65.8 Å². The van der Waals surface area contributed by atoms with Crippen molar-refractivity contribution >= 4 is 31.6 Å². The predicted molar refractivity (Wildman–Crippen MR) is 226 cm³/mol. The maximum absolute atomic E-state index is 5.14. The molecule has 0 unspecified atom stereocenters. The highest BCUT2D eigenvalue weighted by Crippen LogP contribution is 2.42. The molecule has 0 fully saturated rings. The molecule has 6 heteroatoms. The second-order valence-electron chi connectivity index (χ2n) is 13.3. The quantitative estimate of drug-likeness (QED) is 0.164. The number of aromatic nitrogens is 5. The van der Waals surface area contributed by atoms with Crippen LogP contribution in [-0.2, 0) is 0 Å². The molecule has 0 bridgehead atoms. The summed E-state index contributed by atoms with van der Waals surface area (Å²) in [4.78, 5) is 25.0. The monoisotopic (exact) mass is 721 g/mol. The van der Waals surface area contributed by atoms with Crippen LogP contribution in [0.5, 0.6) is 0 Å². The largest absolute Gasteiger partial charge is 0.235 e. The van der Waals surface area contributed by atoms with Crippen LogP contribution in [0.3, 0.4) is 0 Å². The van der Waals surface area contributed by atoms with E-state index in [4.69, 9.17) is 24.9 Å². The lowest BCUT2D eigenvalue weighted by Gasteiger charge is -2.11. The number of thiophene rings is 1. The summed E-state index contributed by atoms with van der Waals surface area (Å²) in [6.45, 7) is 0. The molecule has 0 atom stereocenters. The zero-order chi connectivity index (χ0) is 36.6. The van der Waals surface area contributed by atoms with Gasteiger partial charge in [-0.1, -0.05) is 164 Å². The van der Waals surface area contributed by atoms with Crippen LogP contribution in [0.2, 0.25) is 0 Å². The maximum atomic E-state index is 5.14. The molecule has 55 heavy (non-hydrogen) atoms. The van der Waals surface area contributed by atoms with Gasteiger partial charge in [-0.2, -0.15) is 0 Å². The van der Waals surface area contributed by atoms with Gasteiger partial charge in [0.15, 0.2) is 17.5 Å². The van der Waals surface area contributed by atoms with Crippen molar-refractivity contribution in [2.24, 2.45) is 0 Å². The molecule has 0 radical (unpaired) electrons. The first kappa shape index (κ1) is 32.5. The van der Waals surface area contributed by atoms with E-state index >= 15 is 0 Å². The number of benzene rings is 7. The zero-order valence-electron chi connectivity index (χ0n) is 29.5. The molecule has 0 aliphatic heterocycles. The second-order valence-corrected chi connectivity index (χ2v) is 14.4. The van der Waals surface area contributed by atoms with Crippen LogP contribution in [0.4, 0.5) is 0 Å². The molecule has 258 valence electrons. The Morgan fingerprint density at radius 2 is 0.764 bits per heavy atom. The van der Waals surface area contributed by atoms with Gasteiger partial charge in [-0.3, -0.25) is 0 Å². The summed E-state index contributed by atoms with van der Waals surface area (Å²) in [5, 5.41) is 1.13. The van der Waals surface area contributed by atoms with E-state index in [1.165, 1.54) is 15.8 Å². The fourth-order valence-electron chi connectivity index (χ4n) is 7.15. The van der Waals surface area contributed by atoms with Crippen molar-refractivity contribution in [1.29, 1.82) is 0 Å². The molecule has 3 aromatic heterocycles. The Morgan fingerprint density at radius 3 is 1.31 bits per heavy atom. The molecule has 7 aromatic carbocycles. The van der Waals surface area contributed by atoms with Crippen LogP contribution >= 0.6 is 11.3 Å². The van der Waals surface area contributed by atoms with Crippen LogP contribution in [-0.4, -0.2) is 24.9 Å². The maximum Gasteiger partial charge on any atom is 0.164 e. The van der Waals surface area contributed by atoms with Gasteiger partial charge in [-0.05, 0) is 51.6 Å². The standard InChI is InChI=1S/C49H31N5S/c1-4-14-32(15-5-1)35-20-10-23-38(28-35)47-52-48(39-24-11-21-36(29-39)33-16-6-2-7-17-33)54-49(53-47)40-25-12-22-37(30-40)43-46-44(51-31-50-43)42-27-13-26-41(45(42)55-46)34-18-8-3-9-19-34/h1-31H. The lowest BCUT2D eigenvalue weighted by Crippen LogP contribution is -2.00. The average molecular weight is 722 g/mol. The minimum atomic E-state index is 0.588. The highest BCUT2D eigenvalue weighted by atomic mass is 32.1. The Morgan fingerprint density at radius 1 is 0.327 bits per heavy atom. The molecule has 0 spiro atoms. The summed E-state index contributed by atoms with van der Waals surface area (Å²) in [5.74, 6) is 1.80. The molecule has 0 aliphatic rings. The molecule has 0 amide bonds. The van der Waals surface area contributed by atoms with Crippen molar-refractivity contribution in [1.82, 2.24) is 24.9 Å². The lowest BCUT2D eigenvalue weighted by atomic mass is 10.0. The molecule has 5 nitrogen and oxygen atoms in total. The molecule has 0 saturated heterocycles. The van der Waals surface area contributed by atoms with Gasteiger partial charge in [0.25, 0.3) is 0 Å². The summed E-state index contributed by atoms with van der Waals surface area (Å²) < 4.78 is 2.24. The topological polar surface area (TPSA) is 64.5 Å². The van der Waals surface area contributed by atoms with Crippen LogP contribution in [0.25, 0.3) is 99.1 Å². The minimum Gasteiger partial charge on any atom is -0.235 e. The Labute approximate surface area is 322 Å². The number of nitrogens with zero attached hydrogens (tertiary/aromatic N) is 5. The van der Waals surface area contributed by atoms with Crippen molar-refractivity contribution in [2.45, 2.75) is 0 Å². The van der Waals surface area contributed by atoms with Crippen LogP contribution in [0.1, 0.15) is 0 Å². The van der Waals surface area contributed by atoms with E-state index in [0.29, 0.717) is 17.5 Å². The van der Waals surface area contributed by atoms with Gasteiger partial charge >= 0.3 is 0 Å². The van der Waals surface area contributed by atoms with Gasteiger partial charge in [0.2, 0.25) is 0 Å². The second kappa shape index (κ2) is 14.0. The van der Waals surface area contributed by atoms with Crippen molar-refractivity contribution in [3.05, 3.63) is 188 Å². The molecule has 3 heterocycles. The first-order valence-electron chi connectivity index (χ1n) is 18.2. The average Bonchev–Trinajstić information content (AvgIpc) is 3.67. The van der Waals surface area contributed by atoms with Crippen LogP contribution in [0.15, 0.2) is 188 Å². The fourth-order valence-corrected chi connectivity index (χ4v) is 8.46. The Hall–Kier alpha value is -7.15. The van der Waals surface area contributed by atoms with Gasteiger partial charge in [0.05, 0.1) is 15.9 Å². The molecule has 0 N–H and O–H groups in total. The van der Waals surface area contributed by atoms with E-state index in [9.17, 15) is 0 Å². The van der Waals surface area contributed by atoms with Crippen molar-refractivity contribution in [3.63, 3.8) is 0 Å². The summed E-state index contributed by atoms with van der Waals surface area (Å²) >= 11 is 1.74. The third-order valence-corrected chi connectivity index (χ3v) is 11.1. The summed E-state index contributed by atoms with van der Waals surface area (Å²) in [7, 11) is 0. The molecule has 0 saturated carbocycles. The molecular formula is C49H31N5S. The Kier molecular flexibility index (Phi) is 8.28. The highest BCUT2D eigenvalue weighted by molar-refractivity contribution is 7.26. The van der Waals surface area contributed by atoms with E-state index in [-0.39, 0.29) is 0 Å². The third kappa shape index (κ3) is 6.24. The molecule has 10 rings (SSSR count). The van der Waals surface area contributed by atoms with E-state index in [1.54, 1.807) is 17.7 Å². The normalized spacial score (nSPS) is 11.3. The first-order valence-corrected chi connectivity index (χ1v) is 19.0. The van der Waals surface area contributed by atoms with Gasteiger partial charge in [0, 0.05) is 32.3 Å². The Bertz CT molecular complexity index is 2880.